The van der Waals surface area contributed by atoms with E-state index in [9.17, 15) is 14.3 Å². The summed E-state index contributed by atoms with van der Waals surface area (Å²) in [5, 5.41) is 12.4. The first-order valence-electron chi connectivity index (χ1n) is 10.7. The zero-order valence-electron chi connectivity index (χ0n) is 17.9. The van der Waals surface area contributed by atoms with E-state index in [-0.39, 0.29) is 30.6 Å². The van der Waals surface area contributed by atoms with Gasteiger partial charge in [0.05, 0.1) is 13.2 Å². The molecule has 1 saturated heterocycles. The molecule has 7 nitrogen and oxygen atoms in total. The molecule has 0 bridgehead atoms. The van der Waals surface area contributed by atoms with Gasteiger partial charge in [-0.05, 0) is 24.6 Å². The first-order chi connectivity index (χ1) is 16.5. The van der Waals surface area contributed by atoms with Gasteiger partial charge in [0.15, 0.2) is 5.17 Å². The second-order valence-corrected chi connectivity index (χ2v) is 9.17. The molecule has 2 aliphatic heterocycles. The summed E-state index contributed by atoms with van der Waals surface area (Å²) in [5.41, 5.74) is -0.0985. The number of hydrogen-bond donors (Lipinski definition) is 2. The summed E-state index contributed by atoms with van der Waals surface area (Å²) in [6.45, 7) is -0.276. The number of amides is 1. The van der Waals surface area contributed by atoms with Crippen LogP contribution < -0.4 is 5.32 Å². The van der Waals surface area contributed by atoms with E-state index < -0.39 is 23.3 Å². The van der Waals surface area contributed by atoms with Crippen molar-refractivity contribution in [2.45, 2.75) is 24.7 Å². The maximum absolute atomic E-state index is 15.0. The lowest BCUT2D eigenvalue weighted by atomic mass is 9.75. The van der Waals surface area contributed by atoms with Crippen LogP contribution in [0.15, 0.2) is 64.2 Å². The summed E-state index contributed by atoms with van der Waals surface area (Å²) in [6, 6.07) is 12.1. The molecule has 1 aromatic heterocycles. The van der Waals surface area contributed by atoms with Crippen molar-refractivity contribution in [3.8, 4) is 0 Å². The van der Waals surface area contributed by atoms with Crippen molar-refractivity contribution >= 4 is 22.8 Å². The molecule has 0 radical (unpaired) electrons. The summed E-state index contributed by atoms with van der Waals surface area (Å²) in [5.74, 6) is -1.11. The first-order valence-corrected chi connectivity index (χ1v) is 11.7. The average Bonchev–Trinajstić information content (AvgIpc) is 3.33. The van der Waals surface area contributed by atoms with E-state index in [1.54, 1.807) is 24.3 Å². The van der Waals surface area contributed by atoms with Crippen molar-refractivity contribution < 1.29 is 27.8 Å². The summed E-state index contributed by atoms with van der Waals surface area (Å²) in [4.78, 5) is 21.7. The molecule has 5 rings (SSSR count). The monoisotopic (exact) mass is 485 g/mol. The van der Waals surface area contributed by atoms with Crippen LogP contribution >= 0.6 is 11.8 Å². The number of amidine groups is 1. The Hall–Kier alpha value is -3.08. The number of thioether (sulfide) groups is 1. The van der Waals surface area contributed by atoms with Crippen LogP contribution in [0.25, 0.3) is 0 Å². The minimum absolute atomic E-state index is 0.0208. The average molecular weight is 486 g/mol. The number of aliphatic hydroxyl groups excluding tert-OH is 1. The van der Waals surface area contributed by atoms with Crippen LogP contribution in [0.4, 0.5) is 8.78 Å². The third-order valence-corrected chi connectivity index (χ3v) is 7.10. The molecule has 176 valence electrons. The standard InChI is InChI=1S/C24H21F2N3O4S/c25-16-6-7-18(19(26)9-16)24-13-33-20(22-27-17(10-30)11-32-22)8-15(24)12-34-23(29-24)28-21(31)14-4-2-1-3-5-14/h1-7,9,11,15,20,30H,8,10,12-13H2,(H,28,29,31). The summed E-state index contributed by atoms with van der Waals surface area (Å²) < 4.78 is 40.2. The number of fused-ring (bicyclic) bond motifs is 1. The van der Waals surface area contributed by atoms with Gasteiger partial charge in [-0.25, -0.2) is 18.8 Å². The predicted molar refractivity (Wildman–Crippen MR) is 121 cm³/mol. The van der Waals surface area contributed by atoms with Crippen LogP contribution in [0, 0.1) is 17.6 Å². The van der Waals surface area contributed by atoms with Crippen molar-refractivity contribution in [1.82, 2.24) is 10.3 Å². The Morgan fingerprint density at radius 2 is 2.06 bits per heavy atom. The van der Waals surface area contributed by atoms with E-state index in [1.165, 1.54) is 30.2 Å². The van der Waals surface area contributed by atoms with Gasteiger partial charge in [-0.1, -0.05) is 36.0 Å². The maximum atomic E-state index is 15.0. The number of ether oxygens (including phenoxy) is 1. The number of carbonyl (C=O) groups is 1. The minimum Gasteiger partial charge on any atom is -0.446 e. The topological polar surface area (TPSA) is 97.0 Å². The highest BCUT2D eigenvalue weighted by Gasteiger charge is 2.50. The third kappa shape index (κ3) is 4.24. The van der Waals surface area contributed by atoms with Crippen LogP contribution in [-0.4, -0.2) is 33.5 Å². The molecule has 2 aliphatic rings. The fourth-order valence-corrected chi connectivity index (χ4v) is 5.49. The van der Waals surface area contributed by atoms with Gasteiger partial charge >= 0.3 is 0 Å². The zero-order chi connectivity index (χ0) is 23.7. The normalized spacial score (nSPS) is 24.3. The van der Waals surface area contributed by atoms with Gasteiger partial charge in [-0.15, -0.1) is 0 Å². The fourth-order valence-electron chi connectivity index (χ4n) is 4.33. The number of rotatable bonds is 4. The largest absolute Gasteiger partial charge is 0.446 e. The van der Waals surface area contributed by atoms with Gasteiger partial charge in [0.25, 0.3) is 5.91 Å². The molecule has 2 N–H and O–H groups in total. The van der Waals surface area contributed by atoms with Crippen molar-refractivity contribution in [3.63, 3.8) is 0 Å². The van der Waals surface area contributed by atoms with Crippen molar-refractivity contribution in [2.75, 3.05) is 12.4 Å². The molecule has 3 heterocycles. The number of nitrogens with one attached hydrogen (secondary N) is 1. The van der Waals surface area contributed by atoms with Crippen LogP contribution in [0.5, 0.6) is 0 Å². The SMILES string of the molecule is O=C(NC1=NC2(c3ccc(F)cc3F)COC(c3nc(CO)co3)CC2CS1)c1ccccc1. The lowest BCUT2D eigenvalue weighted by molar-refractivity contribution is -0.0698. The molecule has 3 atom stereocenters. The second kappa shape index (κ2) is 9.28. The molecular weight excluding hydrogens is 464 g/mol. The van der Waals surface area contributed by atoms with Gasteiger partial charge in [-0.2, -0.15) is 0 Å². The van der Waals surface area contributed by atoms with E-state index in [0.29, 0.717) is 34.5 Å². The van der Waals surface area contributed by atoms with Crippen LogP contribution in [0.3, 0.4) is 0 Å². The molecule has 1 fully saturated rings. The van der Waals surface area contributed by atoms with Gasteiger partial charge < -0.3 is 19.6 Å². The maximum Gasteiger partial charge on any atom is 0.257 e. The highest BCUT2D eigenvalue weighted by Crippen LogP contribution is 2.49. The number of carbonyl (C=O) groups excluding carboxylic acids is 1. The highest BCUT2D eigenvalue weighted by atomic mass is 32.2. The number of benzene rings is 2. The lowest BCUT2D eigenvalue weighted by Crippen LogP contribution is -2.49. The van der Waals surface area contributed by atoms with E-state index in [1.807, 2.05) is 6.07 Å². The quantitative estimate of drug-likeness (QED) is 0.581. The molecule has 34 heavy (non-hydrogen) atoms. The second-order valence-electron chi connectivity index (χ2n) is 8.16. The molecule has 1 amide bonds. The van der Waals surface area contributed by atoms with Crippen LogP contribution in [0.2, 0.25) is 0 Å². The molecule has 10 heteroatoms. The Kier molecular flexibility index (Phi) is 6.20. The molecule has 2 aromatic carbocycles. The summed E-state index contributed by atoms with van der Waals surface area (Å²) in [6.07, 6.45) is 1.28. The number of hydrogen-bond acceptors (Lipinski definition) is 7. The van der Waals surface area contributed by atoms with Gasteiger partial charge in [0, 0.05) is 28.9 Å². The number of aliphatic imine (C=N–C) groups is 1. The highest BCUT2D eigenvalue weighted by molar-refractivity contribution is 8.13. The molecule has 0 aliphatic carbocycles. The molecule has 0 saturated carbocycles. The van der Waals surface area contributed by atoms with Crippen molar-refractivity contribution in [1.29, 1.82) is 0 Å². The number of oxazole rings is 1. The number of aliphatic hydroxyl groups is 1. The minimum atomic E-state index is -1.16. The van der Waals surface area contributed by atoms with E-state index in [0.717, 1.165) is 6.07 Å². The van der Waals surface area contributed by atoms with Gasteiger partial charge in [0.1, 0.15) is 35.2 Å². The summed E-state index contributed by atoms with van der Waals surface area (Å²) >= 11 is 1.36. The Labute approximate surface area is 198 Å². The fraction of sp³-hybridized carbons (Fsp3) is 0.292. The number of aromatic nitrogens is 1. The number of nitrogens with zero attached hydrogens (tertiary/aromatic N) is 2. The molecule has 3 aromatic rings. The lowest BCUT2D eigenvalue weighted by Gasteiger charge is -2.46. The Balaban J connectivity index is 1.48. The van der Waals surface area contributed by atoms with E-state index >= 15 is 4.39 Å². The third-order valence-electron chi connectivity index (χ3n) is 6.06. The van der Waals surface area contributed by atoms with E-state index in [4.69, 9.17) is 14.1 Å². The summed E-state index contributed by atoms with van der Waals surface area (Å²) in [7, 11) is 0. The Morgan fingerprint density at radius 1 is 1.24 bits per heavy atom. The number of halogens is 2. The van der Waals surface area contributed by atoms with Gasteiger partial charge in [0.2, 0.25) is 5.89 Å². The Morgan fingerprint density at radius 3 is 2.79 bits per heavy atom. The molecule has 3 unspecified atom stereocenters. The smallest absolute Gasteiger partial charge is 0.257 e. The van der Waals surface area contributed by atoms with Crippen LogP contribution in [-0.2, 0) is 16.9 Å². The van der Waals surface area contributed by atoms with Crippen LogP contribution in [0.1, 0.15) is 40.0 Å². The van der Waals surface area contributed by atoms with Gasteiger partial charge in [-0.3, -0.25) is 4.79 Å². The predicted octanol–water partition coefficient (Wildman–Crippen LogP) is 3.95. The molecule has 0 spiro atoms. The van der Waals surface area contributed by atoms with Crippen molar-refractivity contribution in [2.24, 2.45) is 10.9 Å². The first kappa shape index (κ1) is 22.7. The Bertz CT molecular complexity index is 1240. The molecular formula is C24H21F2N3O4S. The zero-order valence-corrected chi connectivity index (χ0v) is 18.7. The van der Waals surface area contributed by atoms with Crippen molar-refractivity contribution in [3.05, 3.63) is 89.1 Å². The van der Waals surface area contributed by atoms with E-state index in [2.05, 4.69) is 10.3 Å².